The Morgan fingerprint density at radius 1 is 1.31 bits per heavy atom. The molecular formula is C12H19NO3. The minimum absolute atomic E-state index is 0.0208. The summed E-state index contributed by atoms with van der Waals surface area (Å²) in [5.74, 6) is 1.47. The van der Waals surface area contributed by atoms with Crippen LogP contribution in [0.5, 0.6) is 11.5 Å². The Morgan fingerprint density at radius 3 is 2.44 bits per heavy atom. The van der Waals surface area contributed by atoms with Crippen LogP contribution < -0.4 is 14.8 Å². The van der Waals surface area contributed by atoms with Crippen molar-refractivity contribution in [3.63, 3.8) is 0 Å². The molecule has 0 heterocycles. The number of aliphatic hydroxyl groups is 1. The molecule has 0 amide bonds. The fourth-order valence-corrected chi connectivity index (χ4v) is 1.54. The van der Waals surface area contributed by atoms with Gasteiger partial charge in [0.1, 0.15) is 11.5 Å². The van der Waals surface area contributed by atoms with Crippen molar-refractivity contribution in [3.8, 4) is 11.5 Å². The largest absolute Gasteiger partial charge is 0.497 e. The summed E-state index contributed by atoms with van der Waals surface area (Å²) >= 11 is 0. The van der Waals surface area contributed by atoms with Crippen LogP contribution in [0.15, 0.2) is 18.2 Å². The van der Waals surface area contributed by atoms with Gasteiger partial charge < -0.3 is 19.9 Å². The SMILES string of the molecule is CNC(C)(CO)c1cc(OC)ccc1OC. The van der Waals surface area contributed by atoms with E-state index in [1.54, 1.807) is 21.3 Å². The van der Waals surface area contributed by atoms with Crippen LogP contribution in [0, 0.1) is 0 Å². The van der Waals surface area contributed by atoms with E-state index in [0.29, 0.717) is 0 Å². The molecule has 0 bridgehead atoms. The summed E-state index contributed by atoms with van der Waals surface area (Å²) in [6, 6.07) is 5.53. The highest BCUT2D eigenvalue weighted by molar-refractivity contribution is 5.44. The van der Waals surface area contributed by atoms with Gasteiger partial charge >= 0.3 is 0 Å². The quantitative estimate of drug-likeness (QED) is 0.788. The maximum absolute atomic E-state index is 9.46. The summed E-state index contributed by atoms with van der Waals surface area (Å²) in [4.78, 5) is 0. The van der Waals surface area contributed by atoms with Crippen molar-refractivity contribution in [1.82, 2.24) is 5.32 Å². The zero-order valence-electron chi connectivity index (χ0n) is 10.2. The number of hydrogen-bond acceptors (Lipinski definition) is 4. The van der Waals surface area contributed by atoms with E-state index in [0.717, 1.165) is 17.1 Å². The molecule has 0 aromatic heterocycles. The van der Waals surface area contributed by atoms with E-state index in [2.05, 4.69) is 5.32 Å². The Hall–Kier alpha value is -1.26. The lowest BCUT2D eigenvalue weighted by Crippen LogP contribution is -2.40. The number of methoxy groups -OCH3 is 2. The second kappa shape index (κ2) is 5.18. The Bertz CT molecular complexity index is 348. The van der Waals surface area contributed by atoms with Gasteiger partial charge in [-0.15, -0.1) is 0 Å². The molecule has 0 saturated carbocycles. The third-order valence-electron chi connectivity index (χ3n) is 2.87. The fraction of sp³-hybridized carbons (Fsp3) is 0.500. The summed E-state index contributed by atoms with van der Waals surface area (Å²) in [5, 5.41) is 12.5. The molecule has 1 rings (SSSR count). The first kappa shape index (κ1) is 12.8. The van der Waals surface area contributed by atoms with E-state index in [-0.39, 0.29) is 6.61 Å². The summed E-state index contributed by atoms with van der Waals surface area (Å²) < 4.78 is 10.5. The van der Waals surface area contributed by atoms with Gasteiger partial charge in [-0.25, -0.2) is 0 Å². The van der Waals surface area contributed by atoms with E-state index >= 15 is 0 Å². The number of hydrogen-bond donors (Lipinski definition) is 2. The highest BCUT2D eigenvalue weighted by atomic mass is 16.5. The molecular weight excluding hydrogens is 206 g/mol. The first-order chi connectivity index (χ1) is 7.61. The third-order valence-corrected chi connectivity index (χ3v) is 2.87. The molecule has 1 aromatic rings. The fourth-order valence-electron chi connectivity index (χ4n) is 1.54. The van der Waals surface area contributed by atoms with Crippen LogP contribution in [0.25, 0.3) is 0 Å². The molecule has 0 aliphatic rings. The lowest BCUT2D eigenvalue weighted by molar-refractivity contribution is 0.179. The van der Waals surface area contributed by atoms with Crippen molar-refractivity contribution in [2.75, 3.05) is 27.9 Å². The lowest BCUT2D eigenvalue weighted by Gasteiger charge is -2.29. The Kier molecular flexibility index (Phi) is 4.15. The molecule has 0 fully saturated rings. The van der Waals surface area contributed by atoms with E-state index in [4.69, 9.17) is 9.47 Å². The van der Waals surface area contributed by atoms with Crippen molar-refractivity contribution in [1.29, 1.82) is 0 Å². The van der Waals surface area contributed by atoms with Crippen molar-refractivity contribution in [2.45, 2.75) is 12.5 Å². The number of rotatable bonds is 5. The van der Waals surface area contributed by atoms with E-state index < -0.39 is 5.54 Å². The van der Waals surface area contributed by atoms with Crippen molar-refractivity contribution >= 4 is 0 Å². The van der Waals surface area contributed by atoms with Gasteiger partial charge in [0.05, 0.1) is 26.4 Å². The highest BCUT2D eigenvalue weighted by Crippen LogP contribution is 2.32. The first-order valence-corrected chi connectivity index (χ1v) is 5.13. The molecule has 1 atom stereocenters. The average Bonchev–Trinajstić information content (AvgIpc) is 2.37. The lowest BCUT2D eigenvalue weighted by atomic mass is 9.92. The second-order valence-electron chi connectivity index (χ2n) is 3.81. The molecule has 0 aliphatic carbocycles. The average molecular weight is 225 g/mol. The summed E-state index contributed by atoms with van der Waals surface area (Å²) in [5.41, 5.74) is 0.333. The van der Waals surface area contributed by atoms with Gasteiger partial charge in [0.15, 0.2) is 0 Å². The number of nitrogens with one attached hydrogen (secondary N) is 1. The molecule has 90 valence electrons. The van der Waals surface area contributed by atoms with Crippen molar-refractivity contribution in [3.05, 3.63) is 23.8 Å². The molecule has 1 aromatic carbocycles. The predicted molar refractivity (Wildman–Crippen MR) is 63.0 cm³/mol. The molecule has 1 unspecified atom stereocenters. The molecule has 16 heavy (non-hydrogen) atoms. The van der Waals surface area contributed by atoms with E-state index in [1.807, 2.05) is 25.1 Å². The van der Waals surface area contributed by atoms with E-state index in [1.165, 1.54) is 0 Å². The van der Waals surface area contributed by atoms with Gasteiger partial charge in [0, 0.05) is 5.56 Å². The second-order valence-corrected chi connectivity index (χ2v) is 3.81. The number of aliphatic hydroxyl groups excluding tert-OH is 1. The molecule has 4 heteroatoms. The minimum Gasteiger partial charge on any atom is -0.497 e. The van der Waals surface area contributed by atoms with Crippen LogP contribution in [0.1, 0.15) is 12.5 Å². The summed E-state index contributed by atoms with van der Waals surface area (Å²) in [6.45, 7) is 1.89. The molecule has 2 N–H and O–H groups in total. The normalized spacial score (nSPS) is 14.3. The molecule has 0 saturated heterocycles. The Labute approximate surface area is 96.2 Å². The zero-order chi connectivity index (χ0) is 12.2. The minimum atomic E-state index is -0.542. The van der Waals surface area contributed by atoms with Crippen LogP contribution in [0.2, 0.25) is 0 Å². The number of ether oxygens (including phenoxy) is 2. The van der Waals surface area contributed by atoms with Crippen LogP contribution >= 0.6 is 0 Å². The van der Waals surface area contributed by atoms with Crippen LogP contribution in [-0.2, 0) is 5.54 Å². The monoisotopic (exact) mass is 225 g/mol. The number of likely N-dealkylation sites (N-methyl/N-ethyl adjacent to an activating group) is 1. The van der Waals surface area contributed by atoms with Crippen molar-refractivity contribution < 1.29 is 14.6 Å². The number of benzene rings is 1. The molecule has 0 spiro atoms. The van der Waals surface area contributed by atoms with Gasteiger partial charge in [0.2, 0.25) is 0 Å². The predicted octanol–water partition coefficient (Wildman–Crippen LogP) is 1.13. The van der Waals surface area contributed by atoms with Gasteiger partial charge in [0.25, 0.3) is 0 Å². The summed E-state index contributed by atoms with van der Waals surface area (Å²) in [7, 11) is 5.02. The van der Waals surface area contributed by atoms with E-state index in [9.17, 15) is 5.11 Å². The van der Waals surface area contributed by atoms with Crippen LogP contribution in [-0.4, -0.2) is 33.0 Å². The van der Waals surface area contributed by atoms with Crippen LogP contribution in [0.4, 0.5) is 0 Å². The van der Waals surface area contributed by atoms with Crippen LogP contribution in [0.3, 0.4) is 0 Å². The van der Waals surface area contributed by atoms with Gasteiger partial charge in [-0.05, 0) is 32.2 Å². The van der Waals surface area contributed by atoms with Gasteiger partial charge in [-0.1, -0.05) is 0 Å². The van der Waals surface area contributed by atoms with Crippen molar-refractivity contribution in [2.24, 2.45) is 0 Å². The zero-order valence-corrected chi connectivity index (χ0v) is 10.2. The molecule has 4 nitrogen and oxygen atoms in total. The molecule has 0 aliphatic heterocycles. The first-order valence-electron chi connectivity index (χ1n) is 5.13. The van der Waals surface area contributed by atoms with Gasteiger partial charge in [-0.2, -0.15) is 0 Å². The Morgan fingerprint density at radius 2 is 2.00 bits per heavy atom. The Balaban J connectivity index is 3.27. The molecule has 0 radical (unpaired) electrons. The topological polar surface area (TPSA) is 50.7 Å². The third kappa shape index (κ3) is 2.28. The van der Waals surface area contributed by atoms with Gasteiger partial charge in [-0.3, -0.25) is 0 Å². The maximum atomic E-state index is 9.46. The summed E-state index contributed by atoms with van der Waals surface area (Å²) in [6.07, 6.45) is 0. The highest BCUT2D eigenvalue weighted by Gasteiger charge is 2.27. The smallest absolute Gasteiger partial charge is 0.124 e. The maximum Gasteiger partial charge on any atom is 0.124 e. The standard InChI is InChI=1S/C12H19NO3/c1-12(8-14,13-2)10-7-9(15-3)5-6-11(10)16-4/h5-7,13-14H,8H2,1-4H3.